The topological polar surface area (TPSA) is 96.9 Å². The van der Waals surface area contributed by atoms with Crippen LogP contribution in [0.4, 0.5) is 4.79 Å². The van der Waals surface area contributed by atoms with Crippen molar-refractivity contribution < 1.29 is 24.2 Å². The van der Waals surface area contributed by atoms with Crippen LogP contribution < -0.4 is 15.4 Å². The summed E-state index contributed by atoms with van der Waals surface area (Å²) in [7, 11) is 1.44. The lowest BCUT2D eigenvalue weighted by atomic mass is 9.92. The molecule has 140 valence electrons. The molecule has 0 saturated heterocycles. The summed E-state index contributed by atoms with van der Waals surface area (Å²) in [6, 6.07) is 12.5. The zero-order chi connectivity index (χ0) is 19.4. The maximum absolute atomic E-state index is 12.7. The monoisotopic (exact) mass is 368 g/mol. The van der Waals surface area contributed by atoms with Crippen LogP contribution >= 0.6 is 0 Å². The standard InChI is InChI=1S/C20H20N2O5/c1-3-27-19(24)16-17(12-7-5-4-6-8-12)21-20(25)22-18(16)13-9-10-15(26-2)14(23)11-13/h4-11,18,23H,3H2,1-2H3,(H2,21,22,25). The van der Waals surface area contributed by atoms with Gasteiger partial charge in [0.1, 0.15) is 0 Å². The number of amides is 2. The number of carbonyl (C=O) groups excluding carboxylic acids is 2. The summed E-state index contributed by atoms with van der Waals surface area (Å²) in [5.74, 6) is -0.347. The molecular formula is C20H20N2O5. The molecule has 0 radical (unpaired) electrons. The SMILES string of the molecule is CCOC(=O)C1=C(c2ccccc2)NC(=O)NC1c1ccc(OC)c(O)c1. The molecule has 0 saturated carbocycles. The van der Waals surface area contributed by atoms with E-state index in [-0.39, 0.29) is 17.9 Å². The van der Waals surface area contributed by atoms with Crippen molar-refractivity contribution in [3.8, 4) is 11.5 Å². The quantitative estimate of drug-likeness (QED) is 0.705. The van der Waals surface area contributed by atoms with Gasteiger partial charge in [0.2, 0.25) is 0 Å². The average Bonchev–Trinajstić information content (AvgIpc) is 2.68. The Morgan fingerprint density at radius 1 is 1.19 bits per heavy atom. The number of nitrogens with one attached hydrogen (secondary N) is 2. The Kier molecular flexibility index (Phi) is 5.30. The number of phenols is 1. The van der Waals surface area contributed by atoms with Crippen molar-refractivity contribution in [2.24, 2.45) is 0 Å². The van der Waals surface area contributed by atoms with E-state index < -0.39 is 18.0 Å². The minimum absolute atomic E-state index is 0.0905. The molecule has 27 heavy (non-hydrogen) atoms. The summed E-state index contributed by atoms with van der Waals surface area (Å²) in [6.45, 7) is 1.91. The van der Waals surface area contributed by atoms with Crippen LogP contribution in [0.1, 0.15) is 24.1 Å². The van der Waals surface area contributed by atoms with Crippen molar-refractivity contribution in [1.29, 1.82) is 0 Å². The molecule has 1 aliphatic rings. The summed E-state index contributed by atoms with van der Waals surface area (Å²) in [6.07, 6.45) is 0. The van der Waals surface area contributed by atoms with Crippen LogP contribution in [0.25, 0.3) is 5.70 Å². The van der Waals surface area contributed by atoms with Gasteiger partial charge in [-0.1, -0.05) is 36.4 Å². The fraction of sp³-hybridized carbons (Fsp3) is 0.200. The number of esters is 1. The lowest BCUT2D eigenvalue weighted by Crippen LogP contribution is -2.45. The van der Waals surface area contributed by atoms with Crippen LogP contribution in [0, 0.1) is 0 Å². The molecule has 3 N–H and O–H groups in total. The summed E-state index contributed by atoms with van der Waals surface area (Å²) in [5, 5.41) is 15.5. The van der Waals surface area contributed by atoms with E-state index in [4.69, 9.17) is 9.47 Å². The second-order valence-corrected chi connectivity index (χ2v) is 5.84. The zero-order valence-corrected chi connectivity index (χ0v) is 15.0. The second-order valence-electron chi connectivity index (χ2n) is 5.84. The highest BCUT2D eigenvalue weighted by Gasteiger charge is 2.34. The van der Waals surface area contributed by atoms with Crippen molar-refractivity contribution >= 4 is 17.7 Å². The maximum Gasteiger partial charge on any atom is 0.338 e. The highest BCUT2D eigenvalue weighted by Crippen LogP contribution is 2.35. The van der Waals surface area contributed by atoms with Crippen LogP contribution in [0.2, 0.25) is 0 Å². The molecule has 0 aromatic heterocycles. The Morgan fingerprint density at radius 3 is 2.56 bits per heavy atom. The molecule has 0 aliphatic carbocycles. The van der Waals surface area contributed by atoms with Gasteiger partial charge in [0.25, 0.3) is 0 Å². The van der Waals surface area contributed by atoms with E-state index in [9.17, 15) is 14.7 Å². The Morgan fingerprint density at radius 2 is 1.93 bits per heavy atom. The number of carbonyl (C=O) groups is 2. The van der Waals surface area contributed by atoms with Crippen molar-refractivity contribution in [3.05, 3.63) is 65.2 Å². The molecule has 7 heteroatoms. The van der Waals surface area contributed by atoms with E-state index in [0.29, 0.717) is 22.6 Å². The predicted molar refractivity (Wildman–Crippen MR) is 99.1 cm³/mol. The maximum atomic E-state index is 12.7. The second kappa shape index (κ2) is 7.82. The number of ether oxygens (including phenoxy) is 2. The third-order valence-electron chi connectivity index (χ3n) is 4.17. The molecular weight excluding hydrogens is 348 g/mol. The van der Waals surface area contributed by atoms with Crippen LogP contribution in [0.5, 0.6) is 11.5 Å². The molecule has 1 aliphatic heterocycles. The van der Waals surface area contributed by atoms with Gasteiger partial charge in [-0.25, -0.2) is 9.59 Å². The molecule has 7 nitrogen and oxygen atoms in total. The van der Waals surface area contributed by atoms with Crippen molar-refractivity contribution in [1.82, 2.24) is 10.6 Å². The fourth-order valence-corrected chi connectivity index (χ4v) is 2.96. The van der Waals surface area contributed by atoms with Crippen LogP contribution in [0.15, 0.2) is 54.1 Å². The number of rotatable bonds is 5. The number of urea groups is 1. The van der Waals surface area contributed by atoms with Gasteiger partial charge in [0.15, 0.2) is 11.5 Å². The van der Waals surface area contributed by atoms with E-state index in [1.807, 2.05) is 18.2 Å². The van der Waals surface area contributed by atoms with Crippen LogP contribution in [-0.4, -0.2) is 30.8 Å². The first kappa shape index (κ1) is 18.3. The van der Waals surface area contributed by atoms with E-state index >= 15 is 0 Å². The molecule has 3 rings (SSSR count). The van der Waals surface area contributed by atoms with Crippen molar-refractivity contribution in [2.75, 3.05) is 13.7 Å². The Bertz CT molecular complexity index is 893. The highest BCUT2D eigenvalue weighted by atomic mass is 16.5. The first-order valence-corrected chi connectivity index (χ1v) is 8.46. The minimum Gasteiger partial charge on any atom is -0.504 e. The van der Waals surface area contributed by atoms with E-state index in [2.05, 4.69) is 10.6 Å². The third-order valence-corrected chi connectivity index (χ3v) is 4.17. The summed E-state index contributed by atoms with van der Waals surface area (Å²) in [4.78, 5) is 25.0. The Balaban J connectivity index is 2.16. The molecule has 0 spiro atoms. The first-order chi connectivity index (χ1) is 13.0. The molecule has 2 aromatic rings. The van der Waals surface area contributed by atoms with E-state index in [1.54, 1.807) is 31.2 Å². The first-order valence-electron chi connectivity index (χ1n) is 8.46. The molecule has 1 unspecified atom stereocenters. The van der Waals surface area contributed by atoms with Crippen LogP contribution in [0.3, 0.4) is 0 Å². The van der Waals surface area contributed by atoms with Gasteiger partial charge >= 0.3 is 12.0 Å². The lowest BCUT2D eigenvalue weighted by molar-refractivity contribution is -0.138. The summed E-state index contributed by atoms with van der Waals surface area (Å²) < 4.78 is 10.3. The normalized spacial score (nSPS) is 16.4. The Hall–Kier alpha value is -3.48. The van der Waals surface area contributed by atoms with Gasteiger partial charge in [-0.2, -0.15) is 0 Å². The van der Waals surface area contributed by atoms with Gasteiger partial charge in [-0.3, -0.25) is 0 Å². The lowest BCUT2D eigenvalue weighted by Gasteiger charge is -2.29. The van der Waals surface area contributed by atoms with Crippen molar-refractivity contribution in [2.45, 2.75) is 13.0 Å². The summed E-state index contributed by atoms with van der Waals surface area (Å²) in [5.41, 5.74) is 1.84. The number of hydrogen-bond acceptors (Lipinski definition) is 5. The predicted octanol–water partition coefficient (Wildman–Crippen LogP) is 2.73. The van der Waals surface area contributed by atoms with E-state index in [0.717, 1.165) is 0 Å². The van der Waals surface area contributed by atoms with Crippen molar-refractivity contribution in [3.63, 3.8) is 0 Å². The fourth-order valence-electron chi connectivity index (χ4n) is 2.96. The van der Waals surface area contributed by atoms with Gasteiger partial charge in [-0.15, -0.1) is 0 Å². The minimum atomic E-state index is -0.787. The molecule has 0 fully saturated rings. The van der Waals surface area contributed by atoms with E-state index in [1.165, 1.54) is 13.2 Å². The average molecular weight is 368 g/mol. The number of benzene rings is 2. The number of aromatic hydroxyl groups is 1. The summed E-state index contributed by atoms with van der Waals surface area (Å²) >= 11 is 0. The molecule has 2 amide bonds. The van der Waals surface area contributed by atoms with Crippen LogP contribution in [-0.2, 0) is 9.53 Å². The van der Waals surface area contributed by atoms with Gasteiger partial charge < -0.3 is 25.2 Å². The molecule has 0 bridgehead atoms. The number of phenolic OH excluding ortho intramolecular Hbond substituents is 1. The largest absolute Gasteiger partial charge is 0.504 e. The van der Waals surface area contributed by atoms with Gasteiger partial charge in [0.05, 0.1) is 31.0 Å². The zero-order valence-electron chi connectivity index (χ0n) is 15.0. The van der Waals surface area contributed by atoms with Gasteiger partial charge in [-0.05, 0) is 30.2 Å². The molecule has 2 aromatic carbocycles. The smallest absolute Gasteiger partial charge is 0.338 e. The van der Waals surface area contributed by atoms with Gasteiger partial charge in [0, 0.05) is 0 Å². The number of hydrogen-bond donors (Lipinski definition) is 3. The third kappa shape index (κ3) is 3.72. The Labute approximate surface area is 156 Å². The highest BCUT2D eigenvalue weighted by molar-refractivity contribution is 6.04. The molecule has 1 atom stereocenters. The number of methoxy groups -OCH3 is 1. The molecule has 1 heterocycles.